The van der Waals surface area contributed by atoms with Crippen LogP contribution in [0.1, 0.15) is 5.56 Å². The summed E-state index contributed by atoms with van der Waals surface area (Å²) in [5.41, 5.74) is 3.04. The van der Waals surface area contributed by atoms with Gasteiger partial charge in [0.15, 0.2) is 0 Å². The van der Waals surface area contributed by atoms with Crippen LogP contribution in [0.25, 0.3) is 22.2 Å². The molecule has 0 aliphatic rings. The Hall–Kier alpha value is -2.46. The summed E-state index contributed by atoms with van der Waals surface area (Å²) in [7, 11) is 1.37. The predicted octanol–water partition coefficient (Wildman–Crippen LogP) is 3.67. The summed E-state index contributed by atoms with van der Waals surface area (Å²) in [4.78, 5) is 11.8. The fourth-order valence-electron chi connectivity index (χ4n) is 2.36. The van der Waals surface area contributed by atoms with Gasteiger partial charge in [-0.2, -0.15) is 0 Å². The van der Waals surface area contributed by atoms with Gasteiger partial charge in [-0.3, -0.25) is 4.79 Å². The number of methoxy groups -OCH3 is 1. The number of nitrogens with zero attached hydrogens (tertiary/aromatic N) is 2. The molecule has 110 valence electrons. The fraction of sp³-hybridized carbons (Fsp3) is 0.118. The molecular weight excluding hydrogens is 300 g/mol. The van der Waals surface area contributed by atoms with Gasteiger partial charge in [0, 0.05) is 21.5 Å². The molecule has 4 nitrogen and oxygen atoms in total. The number of carbonyl (C=O) groups is 1. The van der Waals surface area contributed by atoms with E-state index in [9.17, 15) is 4.79 Å². The third-order valence-electron chi connectivity index (χ3n) is 3.42. The van der Waals surface area contributed by atoms with Crippen molar-refractivity contribution in [2.45, 2.75) is 6.42 Å². The number of fused-ring (bicyclic) bond motifs is 1. The molecule has 3 rings (SSSR count). The Balaban J connectivity index is 2.25. The lowest BCUT2D eigenvalue weighted by Gasteiger charge is -2.11. The van der Waals surface area contributed by atoms with Gasteiger partial charge >= 0.3 is 5.97 Å². The summed E-state index contributed by atoms with van der Waals surface area (Å²) >= 11 is 6.00. The van der Waals surface area contributed by atoms with E-state index < -0.39 is 0 Å². The second kappa shape index (κ2) is 6.12. The fourth-order valence-corrected chi connectivity index (χ4v) is 2.52. The van der Waals surface area contributed by atoms with Crippen molar-refractivity contribution in [1.82, 2.24) is 10.2 Å². The van der Waals surface area contributed by atoms with Gasteiger partial charge in [-0.1, -0.05) is 48.0 Å². The maximum atomic E-state index is 11.8. The standard InChI is InChI=1S/C17H13ClN2O2/c1-22-16(21)10-14-13-8-7-12(18)9-15(13)19-20-17(14)11-5-3-2-4-6-11/h2-9H,10H2,1H3. The molecule has 0 fully saturated rings. The van der Waals surface area contributed by atoms with E-state index in [1.54, 1.807) is 12.1 Å². The summed E-state index contributed by atoms with van der Waals surface area (Å²) in [5.74, 6) is -0.318. The van der Waals surface area contributed by atoms with Gasteiger partial charge in [0.1, 0.15) is 0 Å². The molecule has 0 saturated carbocycles. The molecule has 3 aromatic rings. The van der Waals surface area contributed by atoms with Crippen molar-refractivity contribution in [3.05, 3.63) is 59.1 Å². The number of benzene rings is 2. The number of hydrogen-bond donors (Lipinski definition) is 0. The van der Waals surface area contributed by atoms with E-state index in [4.69, 9.17) is 16.3 Å². The Morgan fingerprint density at radius 1 is 1.14 bits per heavy atom. The Bertz CT molecular complexity index is 835. The van der Waals surface area contributed by atoms with Crippen LogP contribution in [0.2, 0.25) is 5.02 Å². The first-order chi connectivity index (χ1) is 10.7. The molecule has 0 aliphatic carbocycles. The summed E-state index contributed by atoms with van der Waals surface area (Å²) in [6.45, 7) is 0. The SMILES string of the molecule is COC(=O)Cc1c(-c2ccccc2)nnc2cc(Cl)ccc12. The quantitative estimate of drug-likeness (QED) is 0.692. The summed E-state index contributed by atoms with van der Waals surface area (Å²) in [6, 6.07) is 15.0. The maximum Gasteiger partial charge on any atom is 0.310 e. The Kier molecular flexibility index (Phi) is 4.02. The number of carbonyl (C=O) groups excluding carboxylic acids is 1. The first kappa shape index (κ1) is 14.5. The highest BCUT2D eigenvalue weighted by Crippen LogP contribution is 2.28. The minimum atomic E-state index is -0.318. The topological polar surface area (TPSA) is 52.1 Å². The van der Waals surface area contributed by atoms with Crippen LogP contribution in [0, 0.1) is 0 Å². The third-order valence-corrected chi connectivity index (χ3v) is 3.66. The van der Waals surface area contributed by atoms with Crippen LogP contribution in [0.3, 0.4) is 0 Å². The number of rotatable bonds is 3. The number of esters is 1. The number of aromatic nitrogens is 2. The lowest BCUT2D eigenvalue weighted by Crippen LogP contribution is -2.08. The molecule has 1 heterocycles. The van der Waals surface area contributed by atoms with Gasteiger partial charge in [0.2, 0.25) is 0 Å². The summed E-state index contributed by atoms with van der Waals surface area (Å²) < 4.78 is 4.80. The number of halogens is 1. The average Bonchev–Trinajstić information content (AvgIpc) is 2.55. The summed E-state index contributed by atoms with van der Waals surface area (Å²) in [5, 5.41) is 9.95. The lowest BCUT2D eigenvalue weighted by molar-refractivity contribution is -0.139. The van der Waals surface area contributed by atoms with Gasteiger partial charge < -0.3 is 4.74 Å². The van der Waals surface area contributed by atoms with E-state index in [-0.39, 0.29) is 12.4 Å². The van der Waals surface area contributed by atoms with Crippen LogP contribution in [-0.4, -0.2) is 23.3 Å². The lowest BCUT2D eigenvalue weighted by atomic mass is 9.99. The normalized spacial score (nSPS) is 10.6. The van der Waals surface area contributed by atoms with E-state index in [0.29, 0.717) is 16.2 Å². The Morgan fingerprint density at radius 2 is 1.91 bits per heavy atom. The zero-order valence-corrected chi connectivity index (χ0v) is 12.7. The van der Waals surface area contributed by atoms with Gasteiger partial charge in [-0.05, 0) is 12.1 Å². The van der Waals surface area contributed by atoms with E-state index >= 15 is 0 Å². The van der Waals surface area contributed by atoms with Gasteiger partial charge in [-0.15, -0.1) is 10.2 Å². The Morgan fingerprint density at radius 3 is 2.64 bits per heavy atom. The zero-order valence-electron chi connectivity index (χ0n) is 11.9. The van der Waals surface area contributed by atoms with Crippen molar-refractivity contribution < 1.29 is 9.53 Å². The molecule has 0 amide bonds. The molecular formula is C17H13ClN2O2. The van der Waals surface area contributed by atoms with Crippen LogP contribution in [0.5, 0.6) is 0 Å². The highest BCUT2D eigenvalue weighted by molar-refractivity contribution is 6.31. The molecule has 0 N–H and O–H groups in total. The molecule has 1 aromatic heterocycles. The molecule has 0 atom stereocenters. The highest BCUT2D eigenvalue weighted by atomic mass is 35.5. The molecule has 22 heavy (non-hydrogen) atoms. The molecule has 0 bridgehead atoms. The van der Waals surface area contributed by atoms with Gasteiger partial charge in [-0.25, -0.2) is 0 Å². The zero-order chi connectivity index (χ0) is 15.5. The smallest absolute Gasteiger partial charge is 0.310 e. The maximum absolute atomic E-state index is 11.8. The van der Waals surface area contributed by atoms with Crippen molar-refractivity contribution in [2.75, 3.05) is 7.11 Å². The van der Waals surface area contributed by atoms with Crippen LogP contribution in [0.4, 0.5) is 0 Å². The van der Waals surface area contributed by atoms with Crippen LogP contribution in [0.15, 0.2) is 48.5 Å². The van der Waals surface area contributed by atoms with Crippen LogP contribution >= 0.6 is 11.6 Å². The van der Waals surface area contributed by atoms with E-state index in [1.807, 2.05) is 36.4 Å². The van der Waals surface area contributed by atoms with Crippen LogP contribution in [-0.2, 0) is 16.0 Å². The minimum Gasteiger partial charge on any atom is -0.469 e. The first-order valence-electron chi connectivity index (χ1n) is 6.76. The second-order valence-electron chi connectivity index (χ2n) is 4.81. The molecule has 2 aromatic carbocycles. The van der Waals surface area contributed by atoms with Crippen LogP contribution < -0.4 is 0 Å². The molecule has 0 radical (unpaired) electrons. The Labute approximate surface area is 132 Å². The third kappa shape index (κ3) is 2.78. The molecule has 5 heteroatoms. The van der Waals surface area contributed by atoms with Crippen molar-refractivity contribution >= 4 is 28.5 Å². The minimum absolute atomic E-state index is 0.133. The van der Waals surface area contributed by atoms with Gasteiger partial charge in [0.25, 0.3) is 0 Å². The predicted molar refractivity (Wildman–Crippen MR) is 85.7 cm³/mol. The van der Waals surface area contributed by atoms with E-state index in [0.717, 1.165) is 16.5 Å². The van der Waals surface area contributed by atoms with Crippen molar-refractivity contribution in [2.24, 2.45) is 0 Å². The van der Waals surface area contributed by atoms with Crippen molar-refractivity contribution in [3.8, 4) is 11.3 Å². The monoisotopic (exact) mass is 312 g/mol. The average molecular weight is 313 g/mol. The number of hydrogen-bond acceptors (Lipinski definition) is 4. The highest BCUT2D eigenvalue weighted by Gasteiger charge is 2.16. The van der Waals surface area contributed by atoms with Crippen molar-refractivity contribution in [1.29, 1.82) is 0 Å². The van der Waals surface area contributed by atoms with E-state index in [2.05, 4.69) is 10.2 Å². The van der Waals surface area contributed by atoms with E-state index in [1.165, 1.54) is 7.11 Å². The molecule has 0 aliphatic heterocycles. The number of ether oxygens (including phenoxy) is 1. The molecule has 0 unspecified atom stereocenters. The van der Waals surface area contributed by atoms with Crippen molar-refractivity contribution in [3.63, 3.8) is 0 Å². The summed E-state index contributed by atoms with van der Waals surface area (Å²) in [6.07, 6.45) is 0.133. The largest absolute Gasteiger partial charge is 0.469 e. The first-order valence-corrected chi connectivity index (χ1v) is 7.14. The molecule has 0 spiro atoms. The molecule has 0 saturated heterocycles. The second-order valence-corrected chi connectivity index (χ2v) is 5.24. The van der Waals surface area contributed by atoms with Gasteiger partial charge in [0.05, 0.1) is 24.7 Å².